The van der Waals surface area contributed by atoms with Crippen LogP contribution >= 0.6 is 0 Å². The molecule has 5 amide bonds. The number of hydrogen-bond donors (Lipinski definition) is 4. The number of nitrogens with zero attached hydrogens (tertiary/aromatic N) is 2. The van der Waals surface area contributed by atoms with Crippen LogP contribution in [0.2, 0.25) is 0 Å². The molecule has 2 saturated heterocycles. The van der Waals surface area contributed by atoms with Gasteiger partial charge in [-0.25, -0.2) is 0 Å². The highest BCUT2D eigenvalue weighted by Gasteiger charge is 2.41. The maximum atomic E-state index is 14.1. The fraction of sp³-hybridized carbons (Fsp3) is 0.469. The van der Waals surface area contributed by atoms with E-state index in [1.165, 1.54) is 29.0 Å². The lowest BCUT2D eigenvalue weighted by Crippen LogP contribution is -2.58. The lowest BCUT2D eigenvalue weighted by Gasteiger charge is -2.32. The van der Waals surface area contributed by atoms with Gasteiger partial charge in [-0.2, -0.15) is 0 Å². The van der Waals surface area contributed by atoms with E-state index >= 15 is 0 Å². The third-order valence-electron chi connectivity index (χ3n) is 8.20. The zero-order chi connectivity index (χ0) is 31.3. The van der Waals surface area contributed by atoms with Crippen LogP contribution in [0.25, 0.3) is 0 Å². The largest absolute Gasteiger partial charge is 0.508 e. The Morgan fingerprint density at radius 2 is 1.47 bits per heavy atom. The molecular formula is C32H41N5O6. The zero-order valence-corrected chi connectivity index (χ0v) is 25.1. The number of phenols is 1. The summed E-state index contributed by atoms with van der Waals surface area (Å²) < 4.78 is 0. The van der Waals surface area contributed by atoms with Crippen molar-refractivity contribution >= 4 is 29.5 Å². The van der Waals surface area contributed by atoms with Gasteiger partial charge >= 0.3 is 0 Å². The molecule has 0 aromatic heterocycles. The molecule has 11 heteroatoms. The Morgan fingerprint density at radius 3 is 2.12 bits per heavy atom. The molecule has 11 nitrogen and oxygen atoms in total. The summed E-state index contributed by atoms with van der Waals surface area (Å²) in [4.78, 5) is 71.2. The molecule has 4 rings (SSSR count). The highest BCUT2D eigenvalue weighted by atomic mass is 16.3. The molecule has 0 unspecified atom stereocenters. The van der Waals surface area contributed by atoms with Crippen LogP contribution in [0.15, 0.2) is 54.6 Å². The molecule has 0 radical (unpaired) electrons. The Hall–Kier alpha value is -4.41. The molecule has 5 atom stereocenters. The van der Waals surface area contributed by atoms with Crippen molar-refractivity contribution in [3.8, 4) is 5.75 Å². The smallest absolute Gasteiger partial charge is 0.246 e. The van der Waals surface area contributed by atoms with Gasteiger partial charge in [-0.3, -0.25) is 24.0 Å². The summed E-state index contributed by atoms with van der Waals surface area (Å²) >= 11 is 0. The Morgan fingerprint density at radius 1 is 0.814 bits per heavy atom. The van der Waals surface area contributed by atoms with Crippen LogP contribution in [0.5, 0.6) is 5.75 Å². The van der Waals surface area contributed by atoms with E-state index in [2.05, 4.69) is 16.0 Å². The van der Waals surface area contributed by atoms with E-state index in [1.807, 2.05) is 30.3 Å². The number of carbonyl (C=O) groups excluding carboxylic acids is 5. The molecular weight excluding hydrogens is 550 g/mol. The summed E-state index contributed by atoms with van der Waals surface area (Å²) in [7, 11) is 1.51. The van der Waals surface area contributed by atoms with Gasteiger partial charge < -0.3 is 30.9 Å². The van der Waals surface area contributed by atoms with Crippen LogP contribution in [0.1, 0.15) is 44.7 Å². The first-order valence-electron chi connectivity index (χ1n) is 14.8. The normalized spacial score (nSPS) is 25.9. The van der Waals surface area contributed by atoms with E-state index in [9.17, 15) is 29.1 Å². The number of likely N-dealkylation sites (N-methyl/N-ethyl adjacent to an activating group) is 1. The molecule has 2 fully saturated rings. The second-order valence-corrected chi connectivity index (χ2v) is 11.7. The maximum absolute atomic E-state index is 14.1. The fourth-order valence-electron chi connectivity index (χ4n) is 5.69. The van der Waals surface area contributed by atoms with Gasteiger partial charge in [-0.05, 0) is 48.9 Å². The lowest BCUT2D eigenvalue weighted by molar-refractivity contribution is -0.144. The van der Waals surface area contributed by atoms with E-state index < -0.39 is 59.7 Å². The Balaban J connectivity index is 1.76. The van der Waals surface area contributed by atoms with Crippen molar-refractivity contribution in [3.05, 3.63) is 65.7 Å². The molecule has 2 aromatic rings. The van der Waals surface area contributed by atoms with Crippen molar-refractivity contribution in [1.29, 1.82) is 0 Å². The minimum Gasteiger partial charge on any atom is -0.508 e. The number of aromatic hydroxyl groups is 1. The van der Waals surface area contributed by atoms with Crippen LogP contribution in [-0.4, -0.2) is 88.2 Å². The summed E-state index contributed by atoms with van der Waals surface area (Å²) in [5.74, 6) is -2.65. The second kappa shape index (κ2) is 13.7. The summed E-state index contributed by atoms with van der Waals surface area (Å²) in [6.07, 6.45) is 1.29. The average Bonchev–Trinajstić information content (AvgIpc) is 3.48. The first-order chi connectivity index (χ1) is 20.5. The van der Waals surface area contributed by atoms with E-state index in [0.717, 1.165) is 5.56 Å². The highest BCUT2D eigenvalue weighted by Crippen LogP contribution is 2.22. The predicted octanol–water partition coefficient (Wildman–Crippen LogP) is 1.14. The van der Waals surface area contributed by atoms with Crippen LogP contribution in [-0.2, 0) is 36.8 Å². The van der Waals surface area contributed by atoms with Gasteiger partial charge in [0.2, 0.25) is 29.5 Å². The lowest BCUT2D eigenvalue weighted by atomic mass is 10.0. The van der Waals surface area contributed by atoms with Crippen molar-refractivity contribution in [2.75, 3.05) is 13.6 Å². The number of carbonyl (C=O) groups is 5. The molecule has 43 heavy (non-hydrogen) atoms. The number of amides is 5. The second-order valence-electron chi connectivity index (χ2n) is 11.7. The highest BCUT2D eigenvalue weighted by molar-refractivity contribution is 5.98. The van der Waals surface area contributed by atoms with Crippen molar-refractivity contribution in [2.45, 2.75) is 76.7 Å². The minimum absolute atomic E-state index is 0.0671. The van der Waals surface area contributed by atoms with Gasteiger partial charge in [0.1, 0.15) is 36.0 Å². The number of phenolic OH excluding ortho intramolecular Hbond substituents is 1. The van der Waals surface area contributed by atoms with Gasteiger partial charge in [-0.15, -0.1) is 0 Å². The van der Waals surface area contributed by atoms with Crippen molar-refractivity contribution < 1.29 is 29.1 Å². The molecule has 4 N–H and O–H groups in total. The molecule has 2 aliphatic heterocycles. The van der Waals surface area contributed by atoms with Gasteiger partial charge in [0.15, 0.2) is 0 Å². The average molecular weight is 592 g/mol. The van der Waals surface area contributed by atoms with E-state index in [4.69, 9.17) is 0 Å². The number of nitrogens with one attached hydrogen (secondary N) is 3. The summed E-state index contributed by atoms with van der Waals surface area (Å²) in [6.45, 7) is 5.45. The van der Waals surface area contributed by atoms with Gasteiger partial charge in [0, 0.05) is 26.4 Å². The van der Waals surface area contributed by atoms with Crippen LogP contribution in [0.4, 0.5) is 0 Å². The summed E-state index contributed by atoms with van der Waals surface area (Å²) in [5, 5.41) is 18.2. The predicted molar refractivity (Wildman–Crippen MR) is 160 cm³/mol. The third kappa shape index (κ3) is 7.52. The molecule has 2 aliphatic rings. The first-order valence-corrected chi connectivity index (χ1v) is 14.8. The quantitative estimate of drug-likeness (QED) is 0.410. The zero-order valence-electron chi connectivity index (χ0n) is 25.1. The van der Waals surface area contributed by atoms with E-state index in [1.54, 1.807) is 32.9 Å². The Bertz CT molecular complexity index is 1330. The number of fused-ring (bicyclic) bond motifs is 1. The molecule has 2 heterocycles. The molecule has 2 aromatic carbocycles. The van der Waals surface area contributed by atoms with Crippen LogP contribution < -0.4 is 16.0 Å². The maximum Gasteiger partial charge on any atom is 0.246 e. The molecule has 0 spiro atoms. The molecule has 0 saturated carbocycles. The number of rotatable bonds is 5. The van der Waals surface area contributed by atoms with Crippen molar-refractivity contribution in [1.82, 2.24) is 25.8 Å². The first kappa shape index (κ1) is 31.5. The van der Waals surface area contributed by atoms with Crippen molar-refractivity contribution in [3.63, 3.8) is 0 Å². The standard InChI is InChI=1S/C32H41N5O6/c1-19(2)27-30(41)33-20(3)31(42)36(4)26(18-21-9-6-5-7-10-21)29(40)34-24(17-22-12-14-23(38)15-13-22)32(43)37-16-8-11-25(37)28(39)35-27/h5-7,9-10,12-15,19-20,24-27,38H,8,11,16-18H2,1-4H3,(H,33,41)(H,34,40)(H,35,39)/t20-,24-,25-,26-,27-/m0/s1. The Kier molecular flexibility index (Phi) is 10.1. The topological polar surface area (TPSA) is 148 Å². The van der Waals surface area contributed by atoms with E-state index in [-0.39, 0.29) is 24.5 Å². The summed E-state index contributed by atoms with van der Waals surface area (Å²) in [5.41, 5.74) is 1.51. The summed E-state index contributed by atoms with van der Waals surface area (Å²) in [6, 6.07) is 10.8. The van der Waals surface area contributed by atoms with E-state index in [0.29, 0.717) is 24.9 Å². The van der Waals surface area contributed by atoms with Crippen LogP contribution in [0.3, 0.4) is 0 Å². The molecule has 0 aliphatic carbocycles. The van der Waals surface area contributed by atoms with Crippen molar-refractivity contribution in [2.24, 2.45) is 5.92 Å². The molecule has 230 valence electrons. The van der Waals surface area contributed by atoms with Gasteiger partial charge in [0.05, 0.1) is 0 Å². The fourth-order valence-corrected chi connectivity index (χ4v) is 5.69. The minimum atomic E-state index is -1.05. The van der Waals surface area contributed by atoms with Gasteiger partial charge in [0.25, 0.3) is 0 Å². The number of benzene rings is 2. The molecule has 0 bridgehead atoms. The third-order valence-corrected chi connectivity index (χ3v) is 8.20. The monoisotopic (exact) mass is 591 g/mol. The van der Waals surface area contributed by atoms with Gasteiger partial charge in [-0.1, -0.05) is 56.3 Å². The van der Waals surface area contributed by atoms with Crippen LogP contribution in [0, 0.1) is 5.92 Å². The Labute approximate surface area is 252 Å². The SMILES string of the molecule is CC(C)[C@@H]1NC(=O)[C@@H]2CCCN2C(=O)[C@H](Cc2ccc(O)cc2)NC(=O)[C@H](Cc2ccccc2)N(C)C(=O)[C@H](C)NC1=O. The number of hydrogen-bond acceptors (Lipinski definition) is 6.